The normalized spacial score (nSPS) is 12.6. The summed E-state index contributed by atoms with van der Waals surface area (Å²) >= 11 is 0. The summed E-state index contributed by atoms with van der Waals surface area (Å²) in [6.07, 6.45) is 63.4. The standard InChI is InChI=1S/C58H113NO5/c1-3-5-7-9-11-13-15-17-19-21-22-23-24-26-30-34-38-42-46-50-56(61)55(54-60)59-57(62)51-47-43-39-35-31-28-29-33-37-41-45-49-53-64-58(63)52-48-44-40-36-32-27-25-20-18-16-14-12-10-8-6-4-2/h29,33,55-56,60-61H,3-28,30-32,34-54H2,1-2H3,(H,59,62)/b33-29-. The molecule has 0 aliphatic heterocycles. The van der Waals surface area contributed by atoms with E-state index in [4.69, 9.17) is 4.74 Å². The summed E-state index contributed by atoms with van der Waals surface area (Å²) in [6, 6.07) is -0.560. The van der Waals surface area contributed by atoms with Crippen molar-refractivity contribution in [2.45, 2.75) is 334 Å². The van der Waals surface area contributed by atoms with E-state index < -0.39 is 12.1 Å². The summed E-state index contributed by atoms with van der Waals surface area (Å²) in [5, 5.41) is 23.3. The van der Waals surface area contributed by atoms with Gasteiger partial charge < -0.3 is 20.3 Å². The number of amides is 1. The third-order valence-corrected chi connectivity index (χ3v) is 13.6. The van der Waals surface area contributed by atoms with Crippen molar-refractivity contribution < 1.29 is 24.5 Å². The average Bonchev–Trinajstić information content (AvgIpc) is 3.29. The second-order valence-electron chi connectivity index (χ2n) is 20.0. The fraction of sp³-hybridized carbons (Fsp3) is 0.931. The summed E-state index contributed by atoms with van der Waals surface area (Å²) < 4.78 is 5.46. The average molecular weight is 905 g/mol. The van der Waals surface area contributed by atoms with Crippen molar-refractivity contribution in [2.24, 2.45) is 0 Å². The summed E-state index contributed by atoms with van der Waals surface area (Å²) in [4.78, 5) is 24.5. The van der Waals surface area contributed by atoms with Crippen LogP contribution >= 0.6 is 0 Å². The third-order valence-electron chi connectivity index (χ3n) is 13.6. The minimum absolute atomic E-state index is 0.0184. The molecule has 0 rings (SSSR count). The van der Waals surface area contributed by atoms with Crippen LogP contribution < -0.4 is 5.32 Å². The maximum Gasteiger partial charge on any atom is 0.305 e. The molecule has 0 spiro atoms. The van der Waals surface area contributed by atoms with E-state index in [1.165, 1.54) is 212 Å². The second kappa shape index (κ2) is 54.2. The van der Waals surface area contributed by atoms with Crippen LogP contribution in [0.15, 0.2) is 12.2 Å². The number of rotatable bonds is 54. The van der Waals surface area contributed by atoms with Gasteiger partial charge in [0.2, 0.25) is 5.91 Å². The van der Waals surface area contributed by atoms with Crippen molar-refractivity contribution in [2.75, 3.05) is 13.2 Å². The predicted octanol–water partition coefficient (Wildman–Crippen LogP) is 17.7. The molecule has 6 heteroatoms. The number of unbranched alkanes of at least 4 members (excludes halogenated alkanes) is 41. The Morgan fingerprint density at radius 3 is 1.11 bits per heavy atom. The molecule has 1 amide bonds. The Hall–Kier alpha value is -1.40. The number of allylic oxidation sites excluding steroid dienone is 2. The highest BCUT2D eigenvalue weighted by molar-refractivity contribution is 5.76. The molecule has 0 aromatic rings. The van der Waals surface area contributed by atoms with Crippen LogP contribution in [0, 0.1) is 0 Å². The molecule has 0 aromatic carbocycles. The van der Waals surface area contributed by atoms with E-state index in [9.17, 15) is 19.8 Å². The van der Waals surface area contributed by atoms with Gasteiger partial charge in [-0.2, -0.15) is 0 Å². The Morgan fingerprint density at radius 2 is 0.734 bits per heavy atom. The monoisotopic (exact) mass is 904 g/mol. The number of carbonyl (C=O) groups excluding carboxylic acids is 2. The molecule has 0 bridgehead atoms. The molecule has 0 aliphatic carbocycles. The highest BCUT2D eigenvalue weighted by atomic mass is 16.5. The number of aliphatic hydroxyl groups excluding tert-OH is 2. The maximum absolute atomic E-state index is 12.5. The Balaban J connectivity index is 3.48. The first-order valence-corrected chi connectivity index (χ1v) is 28.9. The van der Waals surface area contributed by atoms with Crippen molar-refractivity contribution >= 4 is 11.9 Å². The number of nitrogens with one attached hydrogen (secondary N) is 1. The molecule has 0 aliphatic rings. The summed E-state index contributed by atoms with van der Waals surface area (Å²) in [7, 11) is 0. The van der Waals surface area contributed by atoms with E-state index in [1.807, 2.05) is 0 Å². The molecule has 2 unspecified atom stereocenters. The maximum atomic E-state index is 12.5. The van der Waals surface area contributed by atoms with Crippen LogP contribution in [0.1, 0.15) is 322 Å². The van der Waals surface area contributed by atoms with Crippen molar-refractivity contribution in [3.63, 3.8) is 0 Å². The van der Waals surface area contributed by atoms with E-state index in [-0.39, 0.29) is 18.5 Å². The molecule has 64 heavy (non-hydrogen) atoms. The van der Waals surface area contributed by atoms with Crippen LogP contribution in [-0.2, 0) is 14.3 Å². The van der Waals surface area contributed by atoms with E-state index in [0.717, 1.165) is 77.0 Å². The van der Waals surface area contributed by atoms with Gasteiger partial charge in [0.1, 0.15) is 0 Å². The number of carbonyl (C=O) groups is 2. The van der Waals surface area contributed by atoms with Gasteiger partial charge >= 0.3 is 5.97 Å². The molecular weight excluding hydrogens is 791 g/mol. The van der Waals surface area contributed by atoms with E-state index >= 15 is 0 Å². The lowest BCUT2D eigenvalue weighted by Crippen LogP contribution is -2.45. The van der Waals surface area contributed by atoms with Gasteiger partial charge in [-0.15, -0.1) is 0 Å². The number of hydrogen-bond donors (Lipinski definition) is 3. The van der Waals surface area contributed by atoms with Crippen LogP contribution in [0.3, 0.4) is 0 Å². The highest BCUT2D eigenvalue weighted by Gasteiger charge is 2.20. The lowest BCUT2D eigenvalue weighted by atomic mass is 10.0. The lowest BCUT2D eigenvalue weighted by molar-refractivity contribution is -0.143. The fourth-order valence-corrected chi connectivity index (χ4v) is 9.11. The van der Waals surface area contributed by atoms with Gasteiger partial charge in [0.05, 0.1) is 25.4 Å². The van der Waals surface area contributed by atoms with Gasteiger partial charge in [0.15, 0.2) is 0 Å². The smallest absolute Gasteiger partial charge is 0.305 e. The molecule has 0 heterocycles. The van der Waals surface area contributed by atoms with Crippen LogP contribution in [0.25, 0.3) is 0 Å². The molecule has 0 aromatic heterocycles. The molecular formula is C58H113NO5. The largest absolute Gasteiger partial charge is 0.466 e. The molecule has 0 fully saturated rings. The molecule has 2 atom stereocenters. The number of ether oxygens (including phenoxy) is 1. The van der Waals surface area contributed by atoms with Crippen LogP contribution in [0.4, 0.5) is 0 Å². The zero-order valence-electron chi connectivity index (χ0n) is 43.3. The van der Waals surface area contributed by atoms with Gasteiger partial charge in [-0.1, -0.05) is 264 Å². The zero-order chi connectivity index (χ0) is 46.5. The second-order valence-corrected chi connectivity index (χ2v) is 20.0. The van der Waals surface area contributed by atoms with Gasteiger partial charge in [0, 0.05) is 12.8 Å². The molecule has 6 nitrogen and oxygen atoms in total. The Labute approximate surface area is 399 Å². The van der Waals surface area contributed by atoms with Gasteiger partial charge in [-0.05, 0) is 57.8 Å². The van der Waals surface area contributed by atoms with E-state index in [0.29, 0.717) is 25.9 Å². The molecule has 0 radical (unpaired) electrons. The molecule has 3 N–H and O–H groups in total. The summed E-state index contributed by atoms with van der Waals surface area (Å²) in [5.41, 5.74) is 0. The van der Waals surface area contributed by atoms with Crippen molar-refractivity contribution in [3.05, 3.63) is 12.2 Å². The van der Waals surface area contributed by atoms with Gasteiger partial charge in [-0.3, -0.25) is 9.59 Å². The topological polar surface area (TPSA) is 95.9 Å². The quantitative estimate of drug-likeness (QED) is 0.0321. The van der Waals surface area contributed by atoms with Crippen LogP contribution in [0.2, 0.25) is 0 Å². The summed E-state index contributed by atoms with van der Waals surface area (Å²) in [5.74, 6) is -0.0759. The fourth-order valence-electron chi connectivity index (χ4n) is 9.11. The minimum Gasteiger partial charge on any atom is -0.466 e. The SMILES string of the molecule is CCCCCCCCCCCCCCCCCCCCCC(O)C(CO)NC(=O)CCCCCCC/C=C\CCCCCOC(=O)CCCCCCCCCCCCCCCCCC. The van der Waals surface area contributed by atoms with Crippen LogP contribution in [0.5, 0.6) is 0 Å². The van der Waals surface area contributed by atoms with E-state index in [1.54, 1.807) is 0 Å². The summed E-state index contributed by atoms with van der Waals surface area (Å²) in [6.45, 7) is 4.92. The van der Waals surface area contributed by atoms with Crippen molar-refractivity contribution in [1.82, 2.24) is 5.32 Å². The Bertz CT molecular complexity index is 955. The first-order valence-electron chi connectivity index (χ1n) is 28.9. The van der Waals surface area contributed by atoms with Crippen LogP contribution in [-0.4, -0.2) is 47.4 Å². The van der Waals surface area contributed by atoms with Gasteiger partial charge in [0.25, 0.3) is 0 Å². The lowest BCUT2D eigenvalue weighted by Gasteiger charge is -2.22. The third kappa shape index (κ3) is 50.0. The van der Waals surface area contributed by atoms with Crippen molar-refractivity contribution in [1.29, 1.82) is 0 Å². The Morgan fingerprint density at radius 1 is 0.422 bits per heavy atom. The van der Waals surface area contributed by atoms with E-state index in [2.05, 4.69) is 31.3 Å². The predicted molar refractivity (Wildman–Crippen MR) is 278 cm³/mol. The molecule has 380 valence electrons. The molecule has 0 saturated heterocycles. The first kappa shape index (κ1) is 62.6. The Kier molecular flexibility index (Phi) is 53.0. The van der Waals surface area contributed by atoms with Crippen molar-refractivity contribution in [3.8, 4) is 0 Å². The number of aliphatic hydroxyl groups is 2. The first-order chi connectivity index (χ1) is 31.5. The number of hydrogen-bond acceptors (Lipinski definition) is 5. The highest BCUT2D eigenvalue weighted by Crippen LogP contribution is 2.17. The molecule has 0 saturated carbocycles. The number of esters is 1. The van der Waals surface area contributed by atoms with Gasteiger partial charge in [-0.25, -0.2) is 0 Å². The minimum atomic E-state index is -0.680. The zero-order valence-corrected chi connectivity index (χ0v) is 43.3.